The first kappa shape index (κ1) is 24.4. The third-order valence-corrected chi connectivity index (χ3v) is 7.78. The van der Waals surface area contributed by atoms with Crippen molar-refractivity contribution in [3.8, 4) is 0 Å². The van der Waals surface area contributed by atoms with Gasteiger partial charge in [-0.25, -0.2) is 4.40 Å². The van der Waals surface area contributed by atoms with Crippen LogP contribution in [0.1, 0.15) is 48.1 Å². The average molecular weight is 517 g/mol. The van der Waals surface area contributed by atoms with Crippen LogP contribution in [0.4, 0.5) is 13.2 Å². The molecule has 0 spiro atoms. The van der Waals surface area contributed by atoms with Gasteiger partial charge in [-0.3, -0.25) is 4.79 Å². The van der Waals surface area contributed by atoms with Crippen molar-refractivity contribution in [2.75, 3.05) is 7.11 Å². The topological polar surface area (TPSA) is 50.7 Å². The van der Waals surface area contributed by atoms with E-state index in [2.05, 4.69) is 9.71 Å². The highest BCUT2D eigenvalue weighted by Gasteiger charge is 2.60. The van der Waals surface area contributed by atoms with E-state index < -0.39 is 17.0 Å². The van der Waals surface area contributed by atoms with Gasteiger partial charge in [0.2, 0.25) is 5.91 Å². The summed E-state index contributed by atoms with van der Waals surface area (Å²) in [7, 11) is 1.47. The maximum Gasteiger partial charge on any atom is 0.409 e. The van der Waals surface area contributed by atoms with Crippen LogP contribution in [0.25, 0.3) is 0 Å². The van der Waals surface area contributed by atoms with E-state index in [1.54, 1.807) is 13.0 Å². The molecular weight excluding hydrogens is 496 g/mol. The average Bonchev–Trinajstić information content (AvgIpc) is 3.37. The number of fused-ring (bicyclic) bond motifs is 1. The summed E-state index contributed by atoms with van der Waals surface area (Å²) in [6.45, 7) is 1.67. The highest BCUT2D eigenvalue weighted by molar-refractivity contribution is 7.99. The fourth-order valence-corrected chi connectivity index (χ4v) is 5.68. The van der Waals surface area contributed by atoms with Crippen LogP contribution >= 0.6 is 35.1 Å². The van der Waals surface area contributed by atoms with Crippen molar-refractivity contribution < 1.29 is 22.7 Å². The molecule has 3 unspecified atom stereocenters. The Kier molecular flexibility index (Phi) is 6.75. The zero-order chi connectivity index (χ0) is 24.0. The number of benzene rings is 2. The predicted octanol–water partition coefficient (Wildman–Crippen LogP) is 6.43. The predicted molar refractivity (Wildman–Crippen MR) is 125 cm³/mol. The molecule has 0 aromatic heterocycles. The number of nitrogens with one attached hydrogen (secondary N) is 1. The van der Waals surface area contributed by atoms with E-state index in [1.807, 2.05) is 12.1 Å². The smallest absolute Gasteiger partial charge is 0.372 e. The monoisotopic (exact) mass is 516 g/mol. The van der Waals surface area contributed by atoms with E-state index in [4.69, 9.17) is 27.9 Å². The molecule has 0 radical (unpaired) electrons. The van der Waals surface area contributed by atoms with Crippen LogP contribution in [0.2, 0.25) is 10.0 Å². The molecule has 2 aliphatic rings. The molecule has 176 valence electrons. The third-order valence-electron chi connectivity index (χ3n) is 6.11. The second kappa shape index (κ2) is 9.13. The first-order valence-electron chi connectivity index (χ1n) is 10.3. The van der Waals surface area contributed by atoms with Gasteiger partial charge in [0.15, 0.2) is 4.75 Å². The minimum absolute atomic E-state index is 0.0209. The lowest BCUT2D eigenvalue weighted by atomic mass is 9.89. The van der Waals surface area contributed by atoms with Gasteiger partial charge >= 0.3 is 6.18 Å². The van der Waals surface area contributed by atoms with Gasteiger partial charge in [-0.1, -0.05) is 35.3 Å². The number of halogens is 5. The Balaban J connectivity index is 1.59. The normalized spacial score (nSPS) is 23.2. The highest BCUT2D eigenvalue weighted by Crippen LogP contribution is 2.57. The Labute approximate surface area is 204 Å². The fourth-order valence-electron chi connectivity index (χ4n) is 4.19. The summed E-state index contributed by atoms with van der Waals surface area (Å²) < 4.78 is 50.0. The standard InChI is InChI=1S/C23H21Cl2F3N2O2S/c1-12(32-2)21(31)29-19-6-4-13-7-14(3-5-18(13)19)20-11-22(33-30-20,23(26,27)28)15-8-16(24)10-17(25)9-15/h3,5,7-10,12,19H,4,6,11H2,1-2H3,(H,29,31). The summed E-state index contributed by atoms with van der Waals surface area (Å²) in [6, 6.07) is 9.34. The Bertz CT molecular complexity index is 1110. The molecule has 0 saturated heterocycles. The summed E-state index contributed by atoms with van der Waals surface area (Å²) in [5, 5.41) is 3.25. The molecule has 4 nitrogen and oxygen atoms in total. The molecule has 3 atom stereocenters. The number of alkyl halides is 3. The first-order chi connectivity index (χ1) is 15.5. The van der Waals surface area contributed by atoms with Crippen molar-refractivity contribution in [2.45, 2.75) is 49.3 Å². The van der Waals surface area contributed by atoms with Gasteiger partial charge in [-0.15, -0.1) is 0 Å². The first-order valence-corrected chi connectivity index (χ1v) is 11.8. The number of nitrogens with zero attached hydrogens (tertiary/aromatic N) is 1. The quantitative estimate of drug-likeness (QED) is 0.465. The number of aryl methyl sites for hydroxylation is 1. The van der Waals surface area contributed by atoms with E-state index in [9.17, 15) is 18.0 Å². The molecule has 2 aromatic carbocycles. The molecular formula is C23H21Cl2F3N2O2S. The summed E-state index contributed by atoms with van der Waals surface area (Å²) in [6.07, 6.45) is -4.03. The number of amides is 1. The maximum atomic E-state index is 14.3. The van der Waals surface area contributed by atoms with Gasteiger partial charge in [-0.2, -0.15) is 13.2 Å². The van der Waals surface area contributed by atoms with Crippen molar-refractivity contribution >= 4 is 46.8 Å². The maximum absolute atomic E-state index is 14.3. The molecule has 0 saturated carbocycles. The van der Waals surface area contributed by atoms with Crippen molar-refractivity contribution in [1.29, 1.82) is 0 Å². The van der Waals surface area contributed by atoms with Gasteiger partial charge < -0.3 is 10.1 Å². The van der Waals surface area contributed by atoms with Crippen LogP contribution in [0.15, 0.2) is 40.8 Å². The van der Waals surface area contributed by atoms with Crippen LogP contribution < -0.4 is 5.32 Å². The number of ether oxygens (including phenoxy) is 1. The fraction of sp³-hybridized carbons (Fsp3) is 0.391. The molecule has 1 amide bonds. The molecule has 1 heterocycles. The summed E-state index contributed by atoms with van der Waals surface area (Å²) in [5.41, 5.74) is 2.93. The largest absolute Gasteiger partial charge is 0.409 e. The molecule has 0 fully saturated rings. The minimum Gasteiger partial charge on any atom is -0.372 e. The lowest BCUT2D eigenvalue weighted by molar-refractivity contribution is -0.159. The number of methoxy groups -OCH3 is 1. The second-order valence-electron chi connectivity index (χ2n) is 8.18. The molecule has 2 aromatic rings. The molecule has 10 heteroatoms. The molecule has 4 rings (SSSR count). The summed E-state index contributed by atoms with van der Waals surface area (Å²) in [4.78, 5) is 12.2. The Morgan fingerprint density at radius 3 is 2.58 bits per heavy atom. The van der Waals surface area contributed by atoms with E-state index in [0.717, 1.165) is 17.5 Å². The second-order valence-corrected chi connectivity index (χ2v) is 10.1. The Hall–Kier alpha value is -1.74. The number of carbonyl (C=O) groups excluding carboxylic acids is 1. The Morgan fingerprint density at radius 2 is 1.94 bits per heavy atom. The van der Waals surface area contributed by atoms with E-state index >= 15 is 0 Å². The summed E-state index contributed by atoms with van der Waals surface area (Å²) in [5.74, 6) is -0.203. The highest BCUT2D eigenvalue weighted by atomic mass is 35.5. The third kappa shape index (κ3) is 4.63. The van der Waals surface area contributed by atoms with Crippen LogP contribution in [-0.2, 0) is 20.7 Å². The summed E-state index contributed by atoms with van der Waals surface area (Å²) >= 11 is 12.5. The molecule has 0 bridgehead atoms. The number of hydrogen-bond donors (Lipinski definition) is 1. The van der Waals surface area contributed by atoms with Gasteiger partial charge in [0, 0.05) is 23.6 Å². The molecule has 1 N–H and O–H groups in total. The van der Waals surface area contributed by atoms with Gasteiger partial charge in [0.05, 0.1) is 11.8 Å². The van der Waals surface area contributed by atoms with Crippen molar-refractivity contribution in [3.63, 3.8) is 0 Å². The molecule has 1 aliphatic heterocycles. The minimum atomic E-state index is -4.57. The van der Waals surface area contributed by atoms with Gasteiger partial charge in [0.1, 0.15) is 6.10 Å². The number of rotatable bonds is 5. The number of carbonyl (C=O) groups is 1. The van der Waals surface area contributed by atoms with E-state index in [-0.39, 0.29) is 34.0 Å². The van der Waals surface area contributed by atoms with Crippen molar-refractivity contribution in [3.05, 3.63) is 68.7 Å². The van der Waals surface area contributed by atoms with E-state index in [1.165, 1.54) is 25.3 Å². The number of hydrogen-bond acceptors (Lipinski definition) is 4. The van der Waals surface area contributed by atoms with Gasteiger partial charge in [0.25, 0.3) is 0 Å². The molecule has 33 heavy (non-hydrogen) atoms. The zero-order valence-corrected chi connectivity index (χ0v) is 20.1. The molecule has 1 aliphatic carbocycles. The zero-order valence-electron chi connectivity index (χ0n) is 17.8. The lowest BCUT2D eigenvalue weighted by Gasteiger charge is -2.30. The van der Waals surface area contributed by atoms with Crippen LogP contribution in [0.5, 0.6) is 0 Å². The van der Waals surface area contributed by atoms with E-state index in [0.29, 0.717) is 29.6 Å². The van der Waals surface area contributed by atoms with Crippen molar-refractivity contribution in [2.24, 2.45) is 4.40 Å². The van der Waals surface area contributed by atoms with Crippen LogP contribution in [0, 0.1) is 0 Å². The van der Waals surface area contributed by atoms with Crippen molar-refractivity contribution in [1.82, 2.24) is 5.32 Å². The Morgan fingerprint density at radius 1 is 1.24 bits per heavy atom. The van der Waals surface area contributed by atoms with Gasteiger partial charge in [-0.05, 0) is 78.2 Å². The van der Waals surface area contributed by atoms with Crippen LogP contribution in [-0.4, -0.2) is 31.0 Å². The SMILES string of the molecule is COC(C)C(=O)NC1CCc2cc(C3=NSC(c4cc(Cl)cc(Cl)c4)(C(F)(F)F)C3)ccc21. The lowest BCUT2D eigenvalue weighted by Crippen LogP contribution is -2.38. The van der Waals surface area contributed by atoms with Crippen LogP contribution in [0.3, 0.4) is 0 Å².